The van der Waals surface area contributed by atoms with E-state index in [9.17, 15) is 4.79 Å². The third-order valence-electron chi connectivity index (χ3n) is 3.73. The van der Waals surface area contributed by atoms with Crippen molar-refractivity contribution in [1.29, 1.82) is 0 Å². The zero-order valence-electron chi connectivity index (χ0n) is 13.0. The molecule has 3 aromatic heterocycles. The number of benzene rings is 1. The molecule has 124 valence electrons. The average molecular weight is 353 g/mol. The van der Waals surface area contributed by atoms with Gasteiger partial charge in [0.15, 0.2) is 11.5 Å². The number of pyridine rings is 1. The molecular weight excluding hydrogens is 340 g/mol. The van der Waals surface area contributed by atoms with Crippen molar-refractivity contribution in [3.05, 3.63) is 71.3 Å². The number of hydrogen-bond donors (Lipinski definition) is 2. The molecule has 0 bridgehead atoms. The van der Waals surface area contributed by atoms with Crippen molar-refractivity contribution in [2.45, 2.75) is 6.54 Å². The zero-order chi connectivity index (χ0) is 17.2. The summed E-state index contributed by atoms with van der Waals surface area (Å²) in [6.45, 7) is 0.259. The molecule has 0 saturated heterocycles. The summed E-state index contributed by atoms with van der Waals surface area (Å²) in [5.74, 6) is 0.381. The number of aromatic amines is 1. The van der Waals surface area contributed by atoms with Crippen LogP contribution in [0.25, 0.3) is 16.9 Å². The molecule has 0 aliphatic rings. The standard InChI is InChI=1S/C17H13ClN6O/c18-12-5-3-4-11(8-12)13-9-14(21-20-13)17(25)19-10-16-23-22-15-6-1-2-7-24(15)16/h1-9H,10H2,(H,19,25)(H,20,21). The van der Waals surface area contributed by atoms with Crippen LogP contribution in [0.5, 0.6) is 0 Å². The zero-order valence-corrected chi connectivity index (χ0v) is 13.7. The number of nitrogens with one attached hydrogen (secondary N) is 2. The van der Waals surface area contributed by atoms with Gasteiger partial charge in [-0.25, -0.2) is 0 Å². The largest absolute Gasteiger partial charge is 0.343 e. The van der Waals surface area contributed by atoms with Crippen LogP contribution in [0.1, 0.15) is 16.3 Å². The van der Waals surface area contributed by atoms with Gasteiger partial charge in [0, 0.05) is 16.8 Å². The van der Waals surface area contributed by atoms with Gasteiger partial charge in [-0.15, -0.1) is 10.2 Å². The van der Waals surface area contributed by atoms with Crippen molar-refractivity contribution in [2.75, 3.05) is 0 Å². The number of amides is 1. The molecule has 0 fully saturated rings. The van der Waals surface area contributed by atoms with Crippen molar-refractivity contribution in [1.82, 2.24) is 30.1 Å². The number of hydrogen-bond acceptors (Lipinski definition) is 4. The van der Waals surface area contributed by atoms with Crippen molar-refractivity contribution in [3.63, 3.8) is 0 Å². The van der Waals surface area contributed by atoms with Crippen LogP contribution in [0.4, 0.5) is 0 Å². The Balaban J connectivity index is 1.48. The van der Waals surface area contributed by atoms with Crippen LogP contribution in [-0.4, -0.2) is 30.7 Å². The van der Waals surface area contributed by atoms with E-state index in [-0.39, 0.29) is 12.5 Å². The Morgan fingerprint density at radius 3 is 2.96 bits per heavy atom. The summed E-state index contributed by atoms with van der Waals surface area (Å²) in [7, 11) is 0. The second-order valence-electron chi connectivity index (χ2n) is 5.40. The first kappa shape index (κ1) is 15.3. The predicted molar refractivity (Wildman–Crippen MR) is 93.2 cm³/mol. The fourth-order valence-electron chi connectivity index (χ4n) is 2.50. The number of rotatable bonds is 4. The lowest BCUT2D eigenvalue weighted by Crippen LogP contribution is -2.24. The summed E-state index contributed by atoms with van der Waals surface area (Å²) in [6, 6.07) is 14.6. The first-order valence-electron chi connectivity index (χ1n) is 7.59. The molecular formula is C17H13ClN6O. The van der Waals surface area contributed by atoms with E-state index < -0.39 is 0 Å². The van der Waals surface area contributed by atoms with E-state index in [4.69, 9.17) is 11.6 Å². The van der Waals surface area contributed by atoms with Gasteiger partial charge in [0.25, 0.3) is 5.91 Å². The maximum atomic E-state index is 12.3. The Hall–Kier alpha value is -3.19. The van der Waals surface area contributed by atoms with Crippen molar-refractivity contribution in [2.24, 2.45) is 0 Å². The van der Waals surface area contributed by atoms with E-state index in [1.807, 2.05) is 40.9 Å². The van der Waals surface area contributed by atoms with Crippen molar-refractivity contribution < 1.29 is 4.79 Å². The third-order valence-corrected chi connectivity index (χ3v) is 3.97. The van der Waals surface area contributed by atoms with Gasteiger partial charge in [-0.1, -0.05) is 29.8 Å². The quantitative estimate of drug-likeness (QED) is 0.591. The first-order valence-corrected chi connectivity index (χ1v) is 7.97. The molecule has 0 saturated carbocycles. The maximum Gasteiger partial charge on any atom is 0.269 e. The van der Waals surface area contributed by atoms with Gasteiger partial charge in [0.1, 0.15) is 5.69 Å². The highest BCUT2D eigenvalue weighted by Gasteiger charge is 2.12. The monoisotopic (exact) mass is 352 g/mol. The highest BCUT2D eigenvalue weighted by atomic mass is 35.5. The second-order valence-corrected chi connectivity index (χ2v) is 5.84. The Morgan fingerprint density at radius 2 is 2.08 bits per heavy atom. The number of H-pyrrole nitrogens is 1. The van der Waals surface area contributed by atoms with E-state index in [0.717, 1.165) is 11.2 Å². The lowest BCUT2D eigenvalue weighted by atomic mass is 10.1. The minimum Gasteiger partial charge on any atom is -0.343 e. The van der Waals surface area contributed by atoms with Gasteiger partial charge in [0.2, 0.25) is 0 Å². The molecule has 25 heavy (non-hydrogen) atoms. The van der Waals surface area contributed by atoms with Crippen LogP contribution >= 0.6 is 11.6 Å². The molecule has 0 unspecified atom stereocenters. The summed E-state index contributed by atoms with van der Waals surface area (Å²) < 4.78 is 1.82. The number of fused-ring (bicyclic) bond motifs is 1. The molecule has 4 aromatic rings. The molecule has 1 aromatic carbocycles. The van der Waals surface area contributed by atoms with E-state index in [0.29, 0.717) is 22.2 Å². The van der Waals surface area contributed by atoms with E-state index in [1.165, 1.54) is 0 Å². The molecule has 8 heteroatoms. The Kier molecular flexibility index (Phi) is 3.91. The lowest BCUT2D eigenvalue weighted by molar-refractivity contribution is 0.0944. The van der Waals surface area contributed by atoms with E-state index >= 15 is 0 Å². The molecule has 0 atom stereocenters. The molecule has 2 N–H and O–H groups in total. The van der Waals surface area contributed by atoms with Crippen LogP contribution in [0.3, 0.4) is 0 Å². The van der Waals surface area contributed by atoms with Gasteiger partial charge in [0.05, 0.1) is 12.2 Å². The summed E-state index contributed by atoms with van der Waals surface area (Å²) in [5, 5.41) is 18.5. The van der Waals surface area contributed by atoms with Gasteiger partial charge in [-0.2, -0.15) is 5.10 Å². The molecule has 3 heterocycles. The molecule has 0 aliphatic carbocycles. The van der Waals surface area contributed by atoms with Crippen LogP contribution in [0.2, 0.25) is 5.02 Å². The Bertz CT molecular complexity index is 1050. The molecule has 0 aliphatic heterocycles. The fraction of sp³-hybridized carbons (Fsp3) is 0.0588. The lowest BCUT2D eigenvalue weighted by Gasteiger charge is -2.02. The summed E-state index contributed by atoms with van der Waals surface area (Å²) in [5.41, 5.74) is 2.59. The van der Waals surface area contributed by atoms with Gasteiger partial charge < -0.3 is 5.32 Å². The number of carbonyl (C=O) groups is 1. The number of halogens is 1. The van der Waals surface area contributed by atoms with Gasteiger partial charge in [-0.05, 0) is 30.3 Å². The molecule has 4 rings (SSSR count). The van der Waals surface area contributed by atoms with Crippen molar-refractivity contribution >= 4 is 23.2 Å². The normalized spacial score (nSPS) is 10.9. The van der Waals surface area contributed by atoms with Crippen LogP contribution in [0.15, 0.2) is 54.7 Å². The Morgan fingerprint density at radius 1 is 1.16 bits per heavy atom. The van der Waals surface area contributed by atoms with Crippen LogP contribution in [-0.2, 0) is 6.54 Å². The minimum atomic E-state index is -0.270. The SMILES string of the molecule is O=C(NCc1nnc2ccccn12)c1cc(-c2cccc(Cl)c2)n[nH]1. The highest BCUT2D eigenvalue weighted by Crippen LogP contribution is 2.21. The minimum absolute atomic E-state index is 0.259. The highest BCUT2D eigenvalue weighted by molar-refractivity contribution is 6.30. The summed E-state index contributed by atoms with van der Waals surface area (Å²) >= 11 is 5.99. The van der Waals surface area contributed by atoms with Crippen molar-refractivity contribution in [3.8, 4) is 11.3 Å². The average Bonchev–Trinajstić information content (AvgIpc) is 3.27. The van der Waals surface area contributed by atoms with E-state index in [1.54, 1.807) is 18.2 Å². The smallest absolute Gasteiger partial charge is 0.269 e. The summed E-state index contributed by atoms with van der Waals surface area (Å²) in [6.07, 6.45) is 1.85. The molecule has 0 spiro atoms. The van der Waals surface area contributed by atoms with Crippen LogP contribution in [0, 0.1) is 0 Å². The molecule has 1 amide bonds. The number of carbonyl (C=O) groups excluding carboxylic acids is 1. The first-order chi connectivity index (χ1) is 12.2. The number of nitrogens with zero attached hydrogens (tertiary/aromatic N) is 4. The Labute approximate surface area is 147 Å². The molecule has 0 radical (unpaired) electrons. The number of aromatic nitrogens is 5. The topological polar surface area (TPSA) is 88.0 Å². The van der Waals surface area contributed by atoms with Crippen LogP contribution < -0.4 is 5.32 Å². The fourth-order valence-corrected chi connectivity index (χ4v) is 2.69. The second kappa shape index (κ2) is 6.37. The predicted octanol–water partition coefficient (Wildman–Crippen LogP) is 2.70. The third kappa shape index (κ3) is 3.09. The van der Waals surface area contributed by atoms with Gasteiger partial charge >= 0.3 is 0 Å². The van der Waals surface area contributed by atoms with Gasteiger partial charge in [-0.3, -0.25) is 14.3 Å². The molecule has 7 nitrogen and oxygen atoms in total. The summed E-state index contributed by atoms with van der Waals surface area (Å²) in [4.78, 5) is 12.3. The maximum absolute atomic E-state index is 12.3. The van der Waals surface area contributed by atoms with E-state index in [2.05, 4.69) is 25.7 Å².